The molecule has 6 aromatic rings. The quantitative estimate of drug-likeness (QED) is 0.241. The Labute approximate surface area is 224 Å². The zero-order chi connectivity index (χ0) is 25.6. The summed E-state index contributed by atoms with van der Waals surface area (Å²) in [5, 5.41) is 5.30. The Balaban J connectivity index is 1.49. The van der Waals surface area contributed by atoms with Crippen molar-refractivity contribution in [2.75, 3.05) is 0 Å². The van der Waals surface area contributed by atoms with Crippen molar-refractivity contribution in [1.29, 1.82) is 0 Å². The lowest BCUT2D eigenvalue weighted by Crippen LogP contribution is -2.22. The Morgan fingerprint density at radius 3 is 1.76 bits per heavy atom. The molecule has 0 saturated carbocycles. The van der Waals surface area contributed by atoms with E-state index in [1.165, 1.54) is 60.5 Å². The van der Waals surface area contributed by atoms with Crippen LogP contribution in [0.2, 0.25) is 0 Å². The third kappa shape index (κ3) is 3.82. The van der Waals surface area contributed by atoms with E-state index >= 15 is 0 Å². The van der Waals surface area contributed by atoms with Crippen molar-refractivity contribution in [3.63, 3.8) is 0 Å². The molecule has 184 valence electrons. The minimum Gasteiger partial charge on any atom is -0.264 e. The molecule has 1 heteroatoms. The van der Waals surface area contributed by atoms with Crippen LogP contribution in [0.15, 0.2) is 116 Å². The second-order valence-electron chi connectivity index (χ2n) is 11.0. The number of hydrogen-bond acceptors (Lipinski definition) is 1. The molecule has 1 nitrogen and oxygen atoms in total. The van der Waals surface area contributed by atoms with Gasteiger partial charge in [-0.05, 0) is 103 Å². The Kier molecular flexibility index (Phi) is 5.59. The zero-order valence-corrected chi connectivity index (χ0v) is 22.0. The molecular weight excluding hydrogens is 458 g/mol. The minimum atomic E-state index is 0.654. The van der Waals surface area contributed by atoms with Gasteiger partial charge in [-0.25, -0.2) is 0 Å². The molecule has 0 bridgehead atoms. The van der Waals surface area contributed by atoms with Gasteiger partial charge in [0, 0.05) is 12.4 Å². The van der Waals surface area contributed by atoms with Gasteiger partial charge >= 0.3 is 0 Å². The van der Waals surface area contributed by atoms with Crippen molar-refractivity contribution >= 4 is 21.5 Å². The van der Waals surface area contributed by atoms with Crippen LogP contribution in [-0.4, -0.2) is 4.98 Å². The van der Waals surface area contributed by atoms with Crippen molar-refractivity contribution in [3.8, 4) is 33.4 Å². The summed E-state index contributed by atoms with van der Waals surface area (Å²) in [7, 11) is 0. The predicted molar refractivity (Wildman–Crippen MR) is 161 cm³/mol. The van der Waals surface area contributed by atoms with Crippen molar-refractivity contribution in [3.05, 3.63) is 127 Å². The molecule has 7 rings (SSSR count). The lowest BCUT2D eigenvalue weighted by atomic mass is 9.71. The van der Waals surface area contributed by atoms with Gasteiger partial charge < -0.3 is 0 Å². The monoisotopic (exact) mass is 489 g/mol. The van der Waals surface area contributed by atoms with Gasteiger partial charge in [0.1, 0.15) is 0 Å². The van der Waals surface area contributed by atoms with Gasteiger partial charge in [-0.15, -0.1) is 0 Å². The molecule has 38 heavy (non-hydrogen) atoms. The molecule has 0 spiro atoms. The number of aromatic nitrogens is 1. The van der Waals surface area contributed by atoms with Crippen LogP contribution in [0.4, 0.5) is 0 Å². The first kappa shape index (κ1) is 22.9. The van der Waals surface area contributed by atoms with Gasteiger partial charge in [0.15, 0.2) is 0 Å². The van der Waals surface area contributed by atoms with Crippen molar-refractivity contribution in [1.82, 2.24) is 4.98 Å². The maximum Gasteiger partial charge on any atom is 0.0346 e. The first-order valence-electron chi connectivity index (χ1n) is 13.7. The summed E-state index contributed by atoms with van der Waals surface area (Å²) in [6, 6.07) is 38.0. The van der Waals surface area contributed by atoms with E-state index in [1.807, 2.05) is 18.5 Å². The second kappa shape index (κ2) is 9.26. The Hall–Kier alpha value is -4.23. The van der Waals surface area contributed by atoms with Crippen molar-refractivity contribution < 1.29 is 0 Å². The second-order valence-corrected chi connectivity index (χ2v) is 11.0. The smallest absolute Gasteiger partial charge is 0.0346 e. The number of rotatable bonds is 3. The van der Waals surface area contributed by atoms with Crippen LogP contribution < -0.4 is 0 Å². The molecule has 0 aliphatic heterocycles. The molecule has 1 heterocycles. The van der Waals surface area contributed by atoms with Crippen LogP contribution in [0.1, 0.15) is 25.0 Å². The molecule has 0 amide bonds. The molecule has 0 fully saturated rings. The van der Waals surface area contributed by atoms with E-state index < -0.39 is 0 Å². The summed E-state index contributed by atoms with van der Waals surface area (Å²) in [5.74, 6) is 1.31. The first-order valence-corrected chi connectivity index (χ1v) is 13.7. The largest absolute Gasteiger partial charge is 0.264 e. The van der Waals surface area contributed by atoms with Crippen LogP contribution in [-0.2, 0) is 12.8 Å². The fourth-order valence-corrected chi connectivity index (χ4v) is 6.41. The highest BCUT2D eigenvalue weighted by Gasteiger charge is 2.29. The Bertz CT molecular complexity index is 1780. The van der Waals surface area contributed by atoms with Gasteiger partial charge in [0.2, 0.25) is 0 Å². The summed E-state index contributed by atoms with van der Waals surface area (Å²) in [5.41, 5.74) is 10.9. The molecule has 2 atom stereocenters. The number of benzene rings is 5. The SMILES string of the molecule is CC1Cc2c(c(-c3ccc4ccccc4c3)c3ccccc3c2-c2ccc(-c3cccnc3)cc2)CC1C. The lowest BCUT2D eigenvalue weighted by Gasteiger charge is -2.33. The topological polar surface area (TPSA) is 12.9 Å². The van der Waals surface area contributed by atoms with E-state index in [2.05, 4.69) is 116 Å². The highest BCUT2D eigenvalue weighted by Crippen LogP contribution is 2.47. The average molecular weight is 490 g/mol. The molecule has 5 aromatic carbocycles. The van der Waals surface area contributed by atoms with Crippen LogP contribution in [0, 0.1) is 11.8 Å². The fraction of sp³-hybridized carbons (Fsp3) is 0.162. The van der Waals surface area contributed by atoms with Gasteiger partial charge in [0.05, 0.1) is 0 Å². The fourth-order valence-electron chi connectivity index (χ4n) is 6.41. The molecule has 1 aliphatic rings. The molecule has 0 saturated heterocycles. The summed E-state index contributed by atoms with van der Waals surface area (Å²) in [6.07, 6.45) is 6.00. The van der Waals surface area contributed by atoms with Gasteiger partial charge in [-0.1, -0.05) is 105 Å². The minimum absolute atomic E-state index is 0.654. The number of nitrogens with zero attached hydrogens (tertiary/aromatic N) is 1. The van der Waals surface area contributed by atoms with E-state index in [1.54, 1.807) is 0 Å². The van der Waals surface area contributed by atoms with E-state index in [4.69, 9.17) is 0 Å². The van der Waals surface area contributed by atoms with Crippen LogP contribution in [0.3, 0.4) is 0 Å². The number of pyridine rings is 1. The standard InChI is InChI=1S/C37H31N/c1-24-20-34-35(21-25(24)2)37(30-18-15-26-8-3-4-9-29(26)22-30)33-12-6-5-11-32(33)36(34)28-16-13-27(14-17-28)31-10-7-19-38-23-31/h3-19,22-25H,20-21H2,1-2H3. The first-order chi connectivity index (χ1) is 18.7. The molecule has 1 aromatic heterocycles. The molecule has 2 unspecified atom stereocenters. The Morgan fingerprint density at radius 2 is 1.11 bits per heavy atom. The van der Waals surface area contributed by atoms with Crippen molar-refractivity contribution in [2.24, 2.45) is 11.8 Å². The third-order valence-electron chi connectivity index (χ3n) is 8.66. The van der Waals surface area contributed by atoms with E-state index in [0.29, 0.717) is 11.8 Å². The van der Waals surface area contributed by atoms with Gasteiger partial charge in [-0.2, -0.15) is 0 Å². The third-order valence-corrected chi connectivity index (χ3v) is 8.66. The summed E-state index contributed by atoms with van der Waals surface area (Å²) >= 11 is 0. The van der Waals surface area contributed by atoms with Gasteiger partial charge in [-0.3, -0.25) is 4.98 Å². The highest BCUT2D eigenvalue weighted by atomic mass is 14.6. The number of fused-ring (bicyclic) bond motifs is 3. The number of hydrogen-bond donors (Lipinski definition) is 0. The predicted octanol–water partition coefficient (Wildman–Crippen LogP) is 9.76. The highest BCUT2D eigenvalue weighted by molar-refractivity contribution is 6.09. The van der Waals surface area contributed by atoms with Crippen LogP contribution in [0.5, 0.6) is 0 Å². The van der Waals surface area contributed by atoms with E-state index in [-0.39, 0.29) is 0 Å². The van der Waals surface area contributed by atoms with Crippen LogP contribution >= 0.6 is 0 Å². The van der Waals surface area contributed by atoms with Crippen molar-refractivity contribution in [2.45, 2.75) is 26.7 Å². The summed E-state index contributed by atoms with van der Waals surface area (Å²) in [6.45, 7) is 4.85. The van der Waals surface area contributed by atoms with E-state index in [0.717, 1.165) is 18.4 Å². The average Bonchev–Trinajstić information content (AvgIpc) is 2.97. The summed E-state index contributed by atoms with van der Waals surface area (Å²) < 4.78 is 0. The summed E-state index contributed by atoms with van der Waals surface area (Å²) in [4.78, 5) is 4.31. The Morgan fingerprint density at radius 1 is 0.526 bits per heavy atom. The maximum atomic E-state index is 4.31. The maximum absolute atomic E-state index is 4.31. The lowest BCUT2D eigenvalue weighted by molar-refractivity contribution is 0.362. The molecule has 0 N–H and O–H groups in total. The van der Waals surface area contributed by atoms with E-state index in [9.17, 15) is 0 Å². The van der Waals surface area contributed by atoms with Crippen LogP contribution in [0.25, 0.3) is 54.9 Å². The molecule has 1 aliphatic carbocycles. The van der Waals surface area contributed by atoms with Gasteiger partial charge in [0.25, 0.3) is 0 Å². The molecular formula is C37H31N. The zero-order valence-electron chi connectivity index (χ0n) is 22.0. The molecule has 0 radical (unpaired) electrons. The normalized spacial score (nSPS) is 17.0.